The molecule has 1 aromatic rings. The molecule has 0 atom stereocenters. The van der Waals surface area contributed by atoms with Crippen molar-refractivity contribution < 1.29 is 9.90 Å². The number of aromatic nitrogens is 2. The SMILES string of the molecule is O=C(O)CCNc1ncnc2c1CCC2. The van der Waals surface area contributed by atoms with Gasteiger partial charge in [0.2, 0.25) is 0 Å². The predicted molar refractivity (Wildman–Crippen MR) is 54.8 cm³/mol. The molecule has 0 saturated carbocycles. The van der Waals surface area contributed by atoms with Crippen molar-refractivity contribution in [3.05, 3.63) is 17.6 Å². The van der Waals surface area contributed by atoms with E-state index in [1.54, 1.807) is 0 Å². The summed E-state index contributed by atoms with van der Waals surface area (Å²) in [5, 5.41) is 11.6. The summed E-state index contributed by atoms with van der Waals surface area (Å²) in [7, 11) is 0. The highest BCUT2D eigenvalue weighted by atomic mass is 16.4. The van der Waals surface area contributed by atoms with Gasteiger partial charge in [-0.3, -0.25) is 4.79 Å². The second-order valence-electron chi connectivity index (χ2n) is 3.57. The van der Waals surface area contributed by atoms with Crippen molar-refractivity contribution in [2.24, 2.45) is 0 Å². The van der Waals surface area contributed by atoms with Crippen molar-refractivity contribution in [2.75, 3.05) is 11.9 Å². The number of hydrogen-bond donors (Lipinski definition) is 2. The maximum Gasteiger partial charge on any atom is 0.305 e. The predicted octanol–water partition coefficient (Wildman–Crippen LogP) is 0.852. The third-order valence-electron chi connectivity index (χ3n) is 2.51. The van der Waals surface area contributed by atoms with Crippen molar-refractivity contribution in [1.82, 2.24) is 9.97 Å². The van der Waals surface area contributed by atoms with Crippen LogP contribution in [0, 0.1) is 0 Å². The molecule has 1 aliphatic carbocycles. The Labute approximate surface area is 87.6 Å². The highest BCUT2D eigenvalue weighted by molar-refractivity contribution is 5.67. The Balaban J connectivity index is 2.02. The maximum absolute atomic E-state index is 10.4. The van der Waals surface area contributed by atoms with Gasteiger partial charge in [0.05, 0.1) is 6.42 Å². The summed E-state index contributed by atoms with van der Waals surface area (Å²) in [6, 6.07) is 0. The van der Waals surface area contributed by atoms with E-state index in [0.29, 0.717) is 6.54 Å². The fraction of sp³-hybridized carbons (Fsp3) is 0.500. The van der Waals surface area contributed by atoms with E-state index in [1.165, 1.54) is 6.33 Å². The van der Waals surface area contributed by atoms with Crippen LogP contribution in [-0.4, -0.2) is 27.6 Å². The summed E-state index contributed by atoms with van der Waals surface area (Å²) in [6.07, 6.45) is 4.75. The van der Waals surface area contributed by atoms with Crippen LogP contribution in [0.4, 0.5) is 5.82 Å². The molecule has 0 fully saturated rings. The Hall–Kier alpha value is -1.65. The van der Waals surface area contributed by atoms with Gasteiger partial charge in [-0.05, 0) is 19.3 Å². The molecule has 2 rings (SSSR count). The van der Waals surface area contributed by atoms with Gasteiger partial charge in [0, 0.05) is 17.8 Å². The number of nitrogens with one attached hydrogen (secondary N) is 1. The summed E-state index contributed by atoms with van der Waals surface area (Å²) in [5.74, 6) is 0.00644. The second-order valence-corrected chi connectivity index (χ2v) is 3.57. The van der Waals surface area contributed by atoms with Crippen LogP contribution in [-0.2, 0) is 17.6 Å². The average Bonchev–Trinajstić information content (AvgIpc) is 2.65. The van der Waals surface area contributed by atoms with E-state index in [-0.39, 0.29) is 6.42 Å². The molecule has 5 nitrogen and oxygen atoms in total. The van der Waals surface area contributed by atoms with E-state index in [4.69, 9.17) is 5.11 Å². The Morgan fingerprint density at radius 2 is 2.33 bits per heavy atom. The number of rotatable bonds is 4. The summed E-state index contributed by atoms with van der Waals surface area (Å²) in [5.41, 5.74) is 2.26. The number of hydrogen-bond acceptors (Lipinski definition) is 4. The third kappa shape index (κ3) is 2.23. The topological polar surface area (TPSA) is 75.1 Å². The van der Waals surface area contributed by atoms with Crippen LogP contribution in [0.5, 0.6) is 0 Å². The van der Waals surface area contributed by atoms with Gasteiger partial charge < -0.3 is 10.4 Å². The van der Waals surface area contributed by atoms with Crippen LogP contribution in [0.2, 0.25) is 0 Å². The molecule has 0 bridgehead atoms. The molecule has 0 aromatic carbocycles. The van der Waals surface area contributed by atoms with Gasteiger partial charge in [-0.25, -0.2) is 9.97 Å². The monoisotopic (exact) mass is 207 g/mol. The fourth-order valence-corrected chi connectivity index (χ4v) is 1.80. The molecule has 15 heavy (non-hydrogen) atoms. The highest BCUT2D eigenvalue weighted by Gasteiger charge is 2.16. The van der Waals surface area contributed by atoms with Gasteiger partial charge in [-0.2, -0.15) is 0 Å². The highest BCUT2D eigenvalue weighted by Crippen LogP contribution is 2.24. The summed E-state index contributed by atoms with van der Waals surface area (Å²) in [4.78, 5) is 18.7. The lowest BCUT2D eigenvalue weighted by Crippen LogP contribution is -2.10. The quantitative estimate of drug-likeness (QED) is 0.765. The Kier molecular flexibility index (Phi) is 2.80. The zero-order valence-electron chi connectivity index (χ0n) is 8.36. The second kappa shape index (κ2) is 4.25. The van der Waals surface area contributed by atoms with E-state index >= 15 is 0 Å². The number of carboxylic acids is 1. The zero-order valence-corrected chi connectivity index (χ0v) is 8.36. The third-order valence-corrected chi connectivity index (χ3v) is 2.51. The summed E-state index contributed by atoms with van der Waals surface area (Å²) < 4.78 is 0. The zero-order chi connectivity index (χ0) is 10.7. The molecule has 0 spiro atoms. The Morgan fingerprint density at radius 3 is 3.13 bits per heavy atom. The van der Waals surface area contributed by atoms with Crippen molar-refractivity contribution in [3.63, 3.8) is 0 Å². The first-order chi connectivity index (χ1) is 7.27. The molecule has 0 unspecified atom stereocenters. The van der Waals surface area contributed by atoms with E-state index in [1.807, 2.05) is 0 Å². The van der Waals surface area contributed by atoms with Crippen LogP contribution in [0.25, 0.3) is 0 Å². The van der Waals surface area contributed by atoms with Gasteiger partial charge in [-0.15, -0.1) is 0 Å². The van der Waals surface area contributed by atoms with E-state index in [0.717, 1.165) is 36.3 Å². The van der Waals surface area contributed by atoms with Crippen LogP contribution >= 0.6 is 0 Å². The molecular formula is C10H13N3O2. The number of carboxylic acid groups (broad SMARTS) is 1. The van der Waals surface area contributed by atoms with Gasteiger partial charge in [0.1, 0.15) is 12.1 Å². The molecule has 1 aromatic heterocycles. The summed E-state index contributed by atoms with van der Waals surface area (Å²) >= 11 is 0. The molecule has 1 heterocycles. The standard InChI is InChI=1S/C10H13N3O2/c14-9(15)4-5-11-10-7-2-1-3-8(7)12-6-13-10/h6H,1-5H2,(H,14,15)(H,11,12,13). The first kappa shape index (κ1) is 9.89. The first-order valence-corrected chi connectivity index (χ1v) is 5.06. The summed E-state index contributed by atoms with van der Waals surface area (Å²) in [6.45, 7) is 0.415. The van der Waals surface area contributed by atoms with Gasteiger partial charge >= 0.3 is 5.97 Å². The number of aryl methyl sites for hydroxylation is 1. The molecule has 80 valence electrons. The van der Waals surface area contributed by atoms with Crippen molar-refractivity contribution in [3.8, 4) is 0 Å². The fourth-order valence-electron chi connectivity index (χ4n) is 1.80. The number of nitrogens with zero attached hydrogens (tertiary/aromatic N) is 2. The first-order valence-electron chi connectivity index (χ1n) is 5.06. The van der Waals surface area contributed by atoms with Crippen LogP contribution in [0.3, 0.4) is 0 Å². The molecule has 5 heteroatoms. The molecule has 0 amide bonds. The molecule has 0 radical (unpaired) electrons. The van der Waals surface area contributed by atoms with E-state index in [9.17, 15) is 4.79 Å². The Morgan fingerprint density at radius 1 is 1.47 bits per heavy atom. The lowest BCUT2D eigenvalue weighted by Gasteiger charge is -2.07. The lowest BCUT2D eigenvalue weighted by molar-refractivity contribution is -0.136. The average molecular weight is 207 g/mol. The number of fused-ring (bicyclic) bond motifs is 1. The van der Waals surface area contributed by atoms with Gasteiger partial charge in [0.25, 0.3) is 0 Å². The normalized spacial score (nSPS) is 13.6. The van der Waals surface area contributed by atoms with Gasteiger partial charge in [0.15, 0.2) is 0 Å². The molecule has 0 aliphatic heterocycles. The van der Waals surface area contributed by atoms with E-state index < -0.39 is 5.97 Å². The van der Waals surface area contributed by atoms with Crippen LogP contribution in [0.15, 0.2) is 6.33 Å². The smallest absolute Gasteiger partial charge is 0.305 e. The number of aliphatic carboxylic acids is 1. The molecule has 2 N–H and O–H groups in total. The molecule has 0 saturated heterocycles. The molecular weight excluding hydrogens is 194 g/mol. The minimum absolute atomic E-state index is 0.110. The van der Waals surface area contributed by atoms with Crippen LogP contribution < -0.4 is 5.32 Å². The largest absolute Gasteiger partial charge is 0.481 e. The van der Waals surface area contributed by atoms with Crippen molar-refractivity contribution >= 4 is 11.8 Å². The minimum atomic E-state index is -0.798. The Bertz CT molecular complexity index is 379. The molecule has 1 aliphatic rings. The van der Waals surface area contributed by atoms with Crippen molar-refractivity contribution in [2.45, 2.75) is 25.7 Å². The minimum Gasteiger partial charge on any atom is -0.481 e. The lowest BCUT2D eigenvalue weighted by atomic mass is 10.2. The van der Waals surface area contributed by atoms with Crippen LogP contribution in [0.1, 0.15) is 24.1 Å². The number of carbonyl (C=O) groups is 1. The van der Waals surface area contributed by atoms with E-state index in [2.05, 4.69) is 15.3 Å². The van der Waals surface area contributed by atoms with Gasteiger partial charge in [-0.1, -0.05) is 0 Å². The number of anilines is 1. The van der Waals surface area contributed by atoms with Crippen molar-refractivity contribution in [1.29, 1.82) is 0 Å². The maximum atomic E-state index is 10.4.